The molecule has 1 amide bonds. The second-order valence-corrected chi connectivity index (χ2v) is 7.39. The highest BCUT2D eigenvalue weighted by molar-refractivity contribution is 6.30. The van der Waals surface area contributed by atoms with Crippen LogP contribution in [-0.2, 0) is 20.1 Å². The lowest BCUT2D eigenvalue weighted by Gasteiger charge is -2.34. The summed E-state index contributed by atoms with van der Waals surface area (Å²) >= 11 is 5.91. The van der Waals surface area contributed by atoms with Gasteiger partial charge in [-0.15, -0.1) is 5.10 Å². The summed E-state index contributed by atoms with van der Waals surface area (Å²) in [6.07, 6.45) is 5.46. The average Bonchev–Trinajstić information content (AvgIpc) is 3.33. The van der Waals surface area contributed by atoms with Crippen molar-refractivity contribution < 1.29 is 4.79 Å². The quantitative estimate of drug-likeness (QED) is 0.652. The van der Waals surface area contributed by atoms with Crippen LogP contribution in [0.4, 0.5) is 0 Å². The Balaban J connectivity index is 1.32. The van der Waals surface area contributed by atoms with Gasteiger partial charge in [-0.1, -0.05) is 28.9 Å². The number of benzene rings is 1. The highest BCUT2D eigenvalue weighted by atomic mass is 35.5. The van der Waals surface area contributed by atoms with Gasteiger partial charge < -0.3 is 9.47 Å². The highest BCUT2D eigenvalue weighted by Gasteiger charge is 2.24. The molecule has 2 aromatic heterocycles. The maximum absolute atomic E-state index is 12.7. The number of halogens is 1. The van der Waals surface area contributed by atoms with E-state index in [4.69, 9.17) is 11.6 Å². The Morgan fingerprint density at radius 1 is 1.11 bits per heavy atom. The smallest absolute Gasteiger partial charge is 0.276 e. The van der Waals surface area contributed by atoms with Crippen molar-refractivity contribution in [1.82, 2.24) is 34.3 Å². The second-order valence-electron chi connectivity index (χ2n) is 6.95. The number of hydrogen-bond donors (Lipinski definition) is 0. The van der Waals surface area contributed by atoms with E-state index in [1.54, 1.807) is 10.9 Å². The number of carbonyl (C=O) groups excluding carboxylic acids is 1. The van der Waals surface area contributed by atoms with E-state index >= 15 is 0 Å². The first-order valence-corrected chi connectivity index (χ1v) is 9.59. The van der Waals surface area contributed by atoms with Crippen molar-refractivity contribution in [3.63, 3.8) is 0 Å². The molecule has 0 spiro atoms. The Kier molecular flexibility index (Phi) is 5.40. The van der Waals surface area contributed by atoms with Crippen molar-refractivity contribution in [2.45, 2.75) is 13.1 Å². The fourth-order valence-corrected chi connectivity index (χ4v) is 3.40. The van der Waals surface area contributed by atoms with Gasteiger partial charge in [0, 0.05) is 50.6 Å². The number of aryl methyl sites for hydroxylation is 1. The number of carbonyl (C=O) groups is 1. The van der Waals surface area contributed by atoms with E-state index in [-0.39, 0.29) is 5.91 Å². The van der Waals surface area contributed by atoms with Gasteiger partial charge in [0.05, 0.1) is 19.3 Å². The number of aromatic nitrogens is 5. The van der Waals surface area contributed by atoms with Crippen molar-refractivity contribution in [2.24, 2.45) is 7.05 Å². The number of imidazole rings is 1. The summed E-state index contributed by atoms with van der Waals surface area (Å²) in [5.74, 6) is 0.962. The molecule has 0 atom stereocenters. The Morgan fingerprint density at radius 2 is 1.86 bits per heavy atom. The molecule has 3 aromatic rings. The predicted molar refractivity (Wildman–Crippen MR) is 105 cm³/mol. The lowest BCUT2D eigenvalue weighted by Crippen LogP contribution is -2.48. The SMILES string of the molecule is Cn1ccnc1CN1CCN(C(=O)c2cn(Cc3ccc(Cl)cc3)nn2)CC1. The van der Waals surface area contributed by atoms with E-state index in [0.717, 1.165) is 31.0 Å². The normalized spacial score (nSPS) is 15.1. The van der Waals surface area contributed by atoms with Crippen molar-refractivity contribution >= 4 is 17.5 Å². The first kappa shape index (κ1) is 18.6. The van der Waals surface area contributed by atoms with Gasteiger partial charge in [0.15, 0.2) is 5.69 Å². The van der Waals surface area contributed by atoms with E-state index in [1.807, 2.05) is 53.2 Å². The zero-order valence-corrected chi connectivity index (χ0v) is 16.5. The number of amides is 1. The van der Waals surface area contributed by atoms with Crippen LogP contribution < -0.4 is 0 Å². The number of hydrogen-bond acceptors (Lipinski definition) is 5. The van der Waals surface area contributed by atoms with Gasteiger partial charge in [0.25, 0.3) is 5.91 Å². The predicted octanol–water partition coefficient (Wildman–Crippen LogP) is 1.67. The molecule has 0 bridgehead atoms. The van der Waals surface area contributed by atoms with Crippen LogP contribution in [0.2, 0.25) is 5.02 Å². The molecule has 8 nitrogen and oxygen atoms in total. The van der Waals surface area contributed by atoms with Crippen LogP contribution in [0.25, 0.3) is 0 Å². The third-order valence-corrected chi connectivity index (χ3v) is 5.21. The van der Waals surface area contributed by atoms with Crippen molar-refractivity contribution in [3.8, 4) is 0 Å². The summed E-state index contributed by atoms with van der Waals surface area (Å²) in [5, 5.41) is 8.85. The highest BCUT2D eigenvalue weighted by Crippen LogP contribution is 2.12. The van der Waals surface area contributed by atoms with Gasteiger partial charge in [-0.25, -0.2) is 9.67 Å². The summed E-state index contributed by atoms with van der Waals surface area (Å²) < 4.78 is 3.70. The lowest BCUT2D eigenvalue weighted by molar-refractivity contribution is 0.0618. The Morgan fingerprint density at radius 3 is 2.54 bits per heavy atom. The number of piperazine rings is 1. The van der Waals surface area contributed by atoms with Crippen LogP contribution in [0, 0.1) is 0 Å². The Hall–Kier alpha value is -2.71. The lowest BCUT2D eigenvalue weighted by atomic mass is 10.2. The van der Waals surface area contributed by atoms with Gasteiger partial charge in [-0.2, -0.15) is 0 Å². The topological polar surface area (TPSA) is 72.1 Å². The Labute approximate surface area is 168 Å². The molecule has 1 aliphatic heterocycles. The molecule has 146 valence electrons. The minimum atomic E-state index is -0.0704. The maximum Gasteiger partial charge on any atom is 0.276 e. The summed E-state index contributed by atoms with van der Waals surface area (Å²) in [6, 6.07) is 7.55. The molecule has 0 N–H and O–H groups in total. The fraction of sp³-hybridized carbons (Fsp3) is 0.368. The molecular weight excluding hydrogens is 378 g/mol. The summed E-state index contributed by atoms with van der Waals surface area (Å²) in [7, 11) is 2.00. The van der Waals surface area contributed by atoms with Crippen molar-refractivity contribution in [2.75, 3.05) is 26.2 Å². The number of rotatable bonds is 5. The standard InChI is InChI=1S/C19H22ClN7O/c1-24-7-6-21-18(24)14-25-8-10-26(11-9-25)19(28)17-13-27(23-22-17)12-15-2-4-16(20)5-3-15/h2-7,13H,8-12,14H2,1H3. The monoisotopic (exact) mass is 399 g/mol. The molecule has 3 heterocycles. The molecule has 0 aliphatic carbocycles. The van der Waals surface area contributed by atoms with E-state index < -0.39 is 0 Å². The molecule has 0 radical (unpaired) electrons. The minimum Gasteiger partial charge on any atom is -0.337 e. The van der Waals surface area contributed by atoms with Gasteiger partial charge in [-0.05, 0) is 17.7 Å². The van der Waals surface area contributed by atoms with Gasteiger partial charge in [0.1, 0.15) is 5.82 Å². The average molecular weight is 400 g/mol. The van der Waals surface area contributed by atoms with E-state index in [9.17, 15) is 4.79 Å². The van der Waals surface area contributed by atoms with Gasteiger partial charge in [-0.3, -0.25) is 9.69 Å². The minimum absolute atomic E-state index is 0.0704. The van der Waals surface area contributed by atoms with E-state index in [0.29, 0.717) is 30.4 Å². The molecule has 4 rings (SSSR count). The molecule has 0 unspecified atom stereocenters. The van der Waals surface area contributed by atoms with Gasteiger partial charge in [0.2, 0.25) is 0 Å². The van der Waals surface area contributed by atoms with E-state index in [2.05, 4.69) is 20.2 Å². The third-order valence-electron chi connectivity index (χ3n) is 4.96. The van der Waals surface area contributed by atoms with Crippen molar-refractivity contribution in [1.29, 1.82) is 0 Å². The van der Waals surface area contributed by atoms with Crippen LogP contribution in [0.3, 0.4) is 0 Å². The zero-order valence-electron chi connectivity index (χ0n) is 15.7. The summed E-state index contributed by atoms with van der Waals surface area (Å²) in [6.45, 7) is 4.33. The second kappa shape index (κ2) is 8.12. The summed E-state index contributed by atoms with van der Waals surface area (Å²) in [5.41, 5.74) is 1.43. The van der Waals surface area contributed by atoms with Crippen LogP contribution in [0.15, 0.2) is 42.9 Å². The van der Waals surface area contributed by atoms with Gasteiger partial charge >= 0.3 is 0 Å². The first-order chi connectivity index (χ1) is 13.6. The van der Waals surface area contributed by atoms with Crippen LogP contribution in [-0.4, -0.2) is 66.4 Å². The van der Waals surface area contributed by atoms with Crippen LogP contribution in [0.1, 0.15) is 21.9 Å². The molecule has 1 aliphatic rings. The molecule has 1 aromatic carbocycles. The maximum atomic E-state index is 12.7. The van der Waals surface area contributed by atoms with Crippen LogP contribution >= 0.6 is 11.6 Å². The molecule has 0 saturated carbocycles. The molecular formula is C19H22ClN7O. The fourth-order valence-electron chi connectivity index (χ4n) is 3.27. The zero-order chi connectivity index (χ0) is 19.5. The van der Waals surface area contributed by atoms with Crippen LogP contribution in [0.5, 0.6) is 0 Å². The molecule has 28 heavy (non-hydrogen) atoms. The molecule has 1 saturated heterocycles. The Bertz CT molecular complexity index is 941. The molecule has 1 fully saturated rings. The largest absolute Gasteiger partial charge is 0.337 e. The third kappa shape index (κ3) is 4.23. The summed E-state index contributed by atoms with van der Waals surface area (Å²) in [4.78, 5) is 21.3. The first-order valence-electron chi connectivity index (χ1n) is 9.21. The molecule has 9 heteroatoms. The van der Waals surface area contributed by atoms with E-state index in [1.165, 1.54) is 0 Å². The number of nitrogens with zero attached hydrogens (tertiary/aromatic N) is 7. The van der Waals surface area contributed by atoms with Crippen molar-refractivity contribution in [3.05, 3.63) is 65.0 Å².